The van der Waals surface area contributed by atoms with Crippen molar-refractivity contribution in [1.29, 1.82) is 0 Å². The second kappa shape index (κ2) is 34.1. The van der Waals surface area contributed by atoms with Gasteiger partial charge < -0.3 is 68.5 Å². The van der Waals surface area contributed by atoms with Crippen LogP contribution in [0.1, 0.15) is 118 Å². The van der Waals surface area contributed by atoms with Crippen LogP contribution >= 0.6 is 0 Å². The zero-order chi connectivity index (χ0) is 76.7. The maximum Gasteiger partial charge on any atom is 0.460 e. The van der Waals surface area contributed by atoms with E-state index in [4.69, 9.17) is 47.4 Å². The van der Waals surface area contributed by atoms with Crippen molar-refractivity contribution >= 4 is 71.7 Å². The van der Waals surface area contributed by atoms with Crippen molar-refractivity contribution in [3.05, 3.63) is 40.6 Å². The van der Waals surface area contributed by atoms with Crippen molar-refractivity contribution < 1.29 is 179 Å². The largest absolute Gasteiger partial charge is 0.623 e. The third-order valence-electron chi connectivity index (χ3n) is 13.3. The van der Waals surface area contributed by atoms with Crippen LogP contribution in [0.2, 0.25) is 0 Å². The quantitative estimate of drug-likeness (QED) is 0.0102. The monoisotopic (exact) mass is 1470 g/mol. The Morgan fingerprint density at radius 1 is 0.535 bits per heavy atom. The summed E-state index contributed by atoms with van der Waals surface area (Å²) in [5, 5.41) is 17.9. The molecule has 26 nitrogen and oxygen atoms in total. The van der Waals surface area contributed by atoms with Crippen LogP contribution in [0.25, 0.3) is 0 Å². The maximum absolute atomic E-state index is 15.2. The highest BCUT2D eigenvalue weighted by Gasteiger charge is 2.95. The number of ether oxygens (including phenoxy) is 10. The van der Waals surface area contributed by atoms with Crippen molar-refractivity contribution in [2.24, 2.45) is 0 Å². The van der Waals surface area contributed by atoms with E-state index in [9.17, 15) is 124 Å². The number of nitrogens with zero attached hydrogens (tertiary/aromatic N) is 1. The number of esters is 8. The third-order valence-corrected chi connectivity index (χ3v) is 13.3. The third kappa shape index (κ3) is 22.3. The Bertz CT molecular complexity index is 3100. The van der Waals surface area contributed by atoms with Crippen LogP contribution in [-0.4, -0.2) is 217 Å². The predicted molar refractivity (Wildman–Crippen MR) is 292 cm³/mol. The average molecular weight is 1470 g/mol. The molecule has 1 saturated heterocycles. The number of nitrogens with one attached hydrogen (secondary N) is 3. The maximum atomic E-state index is 15.2. The lowest BCUT2D eigenvalue weighted by Crippen LogP contribution is -2.74. The van der Waals surface area contributed by atoms with Gasteiger partial charge in [0.25, 0.3) is 11.8 Å². The topological polar surface area (TPSA) is 342 Å². The van der Waals surface area contributed by atoms with Gasteiger partial charge in [0.1, 0.15) is 31.5 Å². The fourth-order valence-corrected chi connectivity index (χ4v) is 8.55. The van der Waals surface area contributed by atoms with Crippen molar-refractivity contribution in [3.63, 3.8) is 0 Å². The van der Waals surface area contributed by atoms with Gasteiger partial charge in [-0.25, -0.2) is 4.74 Å². The minimum Gasteiger partial charge on any atom is -0.623 e. The first-order valence-corrected chi connectivity index (χ1v) is 28.5. The molecule has 0 bridgehead atoms. The molecule has 1 aliphatic rings. The first-order chi connectivity index (χ1) is 44.9. The molecule has 1 aliphatic heterocycles. The zero-order valence-corrected chi connectivity index (χ0v) is 53.7. The number of benzene rings is 1. The fraction of sp³-hybridized carbons (Fsp3) is 0.679. The molecule has 5 unspecified atom stereocenters. The molecule has 43 heteroatoms. The Morgan fingerprint density at radius 3 is 1.47 bits per heavy atom. The Balaban J connectivity index is 2.95. The van der Waals surface area contributed by atoms with Gasteiger partial charge in [-0.3, -0.25) is 52.7 Å². The standard InChI is InChI=1S/C56H67F17N4O22/c1-25(78)90-23-36(92-27(3)80)39(99-47-43(97-32(8)85)41(95-30(6)83)38(93-28(4)81)37(98-47)24-91-26(2)79)40(94-29(5)82)42(96-31(7)84)46(88)76-35(14-12-13-20-74-44(86)34-17-15-33(16-18-34)22-77(89)48(9,10)11)45(87)75-21-19-49(57,58)50(59,60)51(61,62)52(63,64)53(65,66)54(67,68)55(69,70)56(71,72)73/h15-18,22,35-43,47H,12-14,19-21,23-24H2,1-11H3,(H,74,86)(H,75,87)(H,76,88)/b77-22-/t35?,36?,37?,38-,39-,40-,41-,42?,43?,47-/m0/s1. The number of hydroxylamine groups is 1. The number of hydrogen-bond donors (Lipinski definition) is 3. The summed E-state index contributed by atoms with van der Waals surface area (Å²) >= 11 is 0. The molecule has 0 radical (unpaired) electrons. The van der Waals surface area contributed by atoms with Gasteiger partial charge in [0.15, 0.2) is 48.6 Å². The van der Waals surface area contributed by atoms with Gasteiger partial charge >= 0.3 is 95.4 Å². The lowest BCUT2D eigenvalue weighted by Gasteiger charge is -2.46. The molecule has 99 heavy (non-hydrogen) atoms. The first-order valence-electron chi connectivity index (χ1n) is 28.5. The van der Waals surface area contributed by atoms with E-state index in [1.807, 2.05) is 5.32 Å². The summed E-state index contributed by atoms with van der Waals surface area (Å²) in [5.41, 5.74) is -0.588. The molecule has 10 atom stereocenters. The Morgan fingerprint density at radius 2 is 1.01 bits per heavy atom. The van der Waals surface area contributed by atoms with E-state index in [2.05, 4.69) is 5.32 Å². The summed E-state index contributed by atoms with van der Waals surface area (Å²) in [5.74, 6) is -74.6. The lowest BCUT2D eigenvalue weighted by atomic mass is 9.88. The van der Waals surface area contributed by atoms with E-state index >= 15 is 8.78 Å². The molecule has 1 aromatic rings. The van der Waals surface area contributed by atoms with Gasteiger partial charge in [-0.15, -0.1) is 0 Å². The van der Waals surface area contributed by atoms with E-state index in [1.165, 1.54) is 35.8 Å². The van der Waals surface area contributed by atoms with Gasteiger partial charge in [-0.2, -0.15) is 74.6 Å². The highest BCUT2D eigenvalue weighted by atomic mass is 19.4. The van der Waals surface area contributed by atoms with E-state index in [0.29, 0.717) is 31.1 Å². The van der Waals surface area contributed by atoms with Crippen LogP contribution in [0.3, 0.4) is 0 Å². The molecule has 562 valence electrons. The van der Waals surface area contributed by atoms with Gasteiger partial charge in [0.2, 0.25) is 12.0 Å². The Kier molecular flexibility index (Phi) is 29.9. The van der Waals surface area contributed by atoms with Gasteiger partial charge in [-0.1, -0.05) is 0 Å². The molecule has 2 rings (SSSR count). The zero-order valence-electron chi connectivity index (χ0n) is 53.7. The summed E-state index contributed by atoms with van der Waals surface area (Å²) < 4.78 is 294. The van der Waals surface area contributed by atoms with Gasteiger partial charge in [0.05, 0.1) is 0 Å². The van der Waals surface area contributed by atoms with E-state index in [0.717, 1.165) is 34.6 Å². The minimum atomic E-state index is -8.97. The van der Waals surface area contributed by atoms with E-state index in [1.54, 1.807) is 20.8 Å². The SMILES string of the molecule is CC(=O)OCC(OC(C)=O)[C@H](O[C@@H]1OC(COC(C)=O)[C@H](OC(C)=O)[C@H](OC(C)=O)C1OC(C)=O)[C@H](OC(C)=O)C(OC(C)=O)C(=O)NC(CCCCNC(=O)c1ccc(/C=[N+](\[O-])C(C)(C)C)cc1)C(=O)NCCC(F)(F)C(F)(F)C(F)(F)C(F)(F)C(F)(F)C(F)(F)C(F)(F)C(F)(F)F. The fourth-order valence-electron chi connectivity index (χ4n) is 8.55. The summed E-state index contributed by atoms with van der Waals surface area (Å²) in [4.78, 5) is 143. The van der Waals surface area contributed by atoms with Crippen molar-refractivity contribution in [2.75, 3.05) is 26.3 Å². The molecule has 3 N–H and O–H groups in total. The number of halogens is 17. The summed E-state index contributed by atoms with van der Waals surface area (Å²) in [6.07, 6.45) is -33.7. The summed E-state index contributed by atoms with van der Waals surface area (Å²) in [6, 6.07) is 2.72. The number of rotatable bonds is 34. The number of carbonyl (C=O) groups excluding carboxylic acids is 11. The van der Waals surface area contributed by atoms with E-state index in [-0.39, 0.29) is 12.0 Å². The van der Waals surface area contributed by atoms with Gasteiger partial charge in [0, 0.05) is 107 Å². The predicted octanol–water partition coefficient (Wildman–Crippen LogP) is 6.14. The summed E-state index contributed by atoms with van der Waals surface area (Å²) in [6.45, 7) is 5.36. The Labute approximate surface area is 549 Å². The first kappa shape index (κ1) is 86.7. The number of carbonyl (C=O) groups is 11. The number of unbranched alkanes of at least 4 members (excludes halogenated alkanes) is 1. The second-order valence-electron chi connectivity index (χ2n) is 22.5. The Hall–Kier alpha value is -8.41. The molecular weight excluding hydrogens is 1400 g/mol. The van der Waals surface area contributed by atoms with Crippen LogP contribution in [0.4, 0.5) is 74.6 Å². The molecular formula is C56H67F17N4O22. The molecule has 3 amide bonds. The molecule has 0 aliphatic carbocycles. The number of alkyl halides is 17. The highest BCUT2D eigenvalue weighted by Crippen LogP contribution is 2.64. The lowest BCUT2D eigenvalue weighted by molar-refractivity contribution is -0.530. The molecule has 0 spiro atoms. The highest BCUT2D eigenvalue weighted by molar-refractivity contribution is 5.95. The van der Waals surface area contributed by atoms with Gasteiger partial charge in [-0.05, 0) is 43.5 Å². The van der Waals surface area contributed by atoms with Crippen LogP contribution in [0, 0.1) is 5.21 Å². The van der Waals surface area contributed by atoms with Crippen LogP contribution in [-0.2, 0) is 95.3 Å². The van der Waals surface area contributed by atoms with Crippen LogP contribution in [0.5, 0.6) is 0 Å². The second-order valence-corrected chi connectivity index (χ2v) is 22.5. The normalized spacial score (nSPS) is 19.1. The summed E-state index contributed by atoms with van der Waals surface area (Å²) in [7, 11) is 0. The van der Waals surface area contributed by atoms with Crippen molar-refractivity contribution in [2.45, 2.75) is 216 Å². The number of amides is 3. The molecule has 1 fully saturated rings. The minimum absolute atomic E-state index is 0.0394. The average Bonchev–Trinajstić information content (AvgIpc) is 0.697. The van der Waals surface area contributed by atoms with Crippen LogP contribution in [0.15, 0.2) is 24.3 Å². The molecule has 1 aromatic carbocycles. The van der Waals surface area contributed by atoms with Crippen molar-refractivity contribution in [1.82, 2.24) is 16.0 Å². The van der Waals surface area contributed by atoms with Crippen molar-refractivity contribution in [3.8, 4) is 0 Å². The molecule has 0 saturated carbocycles. The number of hydrogen-bond acceptors (Lipinski definition) is 22. The van der Waals surface area contributed by atoms with Crippen LogP contribution < -0.4 is 16.0 Å². The molecule has 1 heterocycles. The smallest absolute Gasteiger partial charge is 0.460 e. The van der Waals surface area contributed by atoms with E-state index < -0.39 is 225 Å². The molecule has 0 aromatic heterocycles.